The maximum absolute atomic E-state index is 14.6. The Morgan fingerprint density at radius 3 is 2.10 bits per heavy atom. The van der Waals surface area contributed by atoms with Crippen LogP contribution in [0.2, 0.25) is 0 Å². The molecule has 0 saturated carbocycles. The van der Waals surface area contributed by atoms with Crippen LogP contribution in [0, 0.1) is 12.7 Å². The van der Waals surface area contributed by atoms with Crippen LogP contribution in [0.25, 0.3) is 39.2 Å². The number of benzene rings is 4. The van der Waals surface area contributed by atoms with E-state index in [1.165, 1.54) is 16.8 Å². The minimum absolute atomic E-state index is 0.0618. The molecule has 0 N–H and O–H groups in total. The number of aryl methyl sites for hydroxylation is 1. The van der Waals surface area contributed by atoms with Crippen LogP contribution in [0.1, 0.15) is 16.7 Å². The maximum Gasteiger partial charge on any atom is 0.417 e. The highest BCUT2D eigenvalue weighted by Crippen LogP contribution is 2.41. The van der Waals surface area contributed by atoms with E-state index in [1.807, 2.05) is 25.1 Å². The maximum atomic E-state index is 14.6. The van der Waals surface area contributed by atoms with Crippen molar-refractivity contribution in [2.45, 2.75) is 19.7 Å². The van der Waals surface area contributed by atoms with Gasteiger partial charge in [-0.15, -0.1) is 0 Å². The van der Waals surface area contributed by atoms with Crippen LogP contribution in [-0.2, 0) is 12.8 Å². The molecule has 8 heteroatoms. The number of halogens is 4. The first kappa shape index (κ1) is 26.3. The fraction of sp³-hybridized carbons (Fsp3) is 0.0909. The van der Waals surface area contributed by atoms with Gasteiger partial charge in [-0.3, -0.25) is 0 Å². The van der Waals surface area contributed by atoms with Crippen LogP contribution in [0.4, 0.5) is 17.6 Å². The molecule has 0 bridgehead atoms. The van der Waals surface area contributed by atoms with Crippen molar-refractivity contribution < 1.29 is 22.3 Å². The van der Waals surface area contributed by atoms with Gasteiger partial charge in [0, 0.05) is 11.1 Å². The molecular formula is C33H23F4N3O. The molecule has 4 aromatic carbocycles. The van der Waals surface area contributed by atoms with Crippen molar-refractivity contribution in [2.75, 3.05) is 0 Å². The second-order valence-electron chi connectivity index (χ2n) is 9.65. The van der Waals surface area contributed by atoms with Crippen molar-refractivity contribution in [3.05, 3.63) is 132 Å². The molecule has 0 spiro atoms. The highest BCUT2D eigenvalue weighted by atomic mass is 19.4. The molecule has 6 rings (SSSR count). The Morgan fingerprint density at radius 2 is 1.44 bits per heavy atom. The largest absolute Gasteiger partial charge is 0.489 e. The van der Waals surface area contributed by atoms with Gasteiger partial charge in [0.2, 0.25) is 0 Å². The molecule has 0 aliphatic rings. The third-order valence-corrected chi connectivity index (χ3v) is 6.74. The van der Waals surface area contributed by atoms with Crippen LogP contribution in [0.3, 0.4) is 0 Å². The topological polar surface area (TPSA) is 39.9 Å². The first-order valence-corrected chi connectivity index (χ1v) is 12.9. The van der Waals surface area contributed by atoms with E-state index in [0.29, 0.717) is 22.6 Å². The first-order chi connectivity index (χ1) is 19.8. The molecule has 0 radical (unpaired) electrons. The van der Waals surface area contributed by atoms with E-state index >= 15 is 0 Å². The third kappa shape index (κ3) is 5.41. The van der Waals surface area contributed by atoms with Gasteiger partial charge in [0.15, 0.2) is 5.65 Å². The molecule has 2 heterocycles. The summed E-state index contributed by atoms with van der Waals surface area (Å²) in [4.78, 5) is 4.72. The predicted octanol–water partition coefficient (Wildman–Crippen LogP) is 8.80. The summed E-state index contributed by atoms with van der Waals surface area (Å²) in [5, 5.41) is 4.59. The van der Waals surface area contributed by atoms with Gasteiger partial charge < -0.3 is 4.74 Å². The van der Waals surface area contributed by atoms with Crippen molar-refractivity contribution in [3.63, 3.8) is 0 Å². The van der Waals surface area contributed by atoms with Crippen molar-refractivity contribution in [2.24, 2.45) is 0 Å². The third-order valence-electron chi connectivity index (χ3n) is 6.74. The Hall–Kier alpha value is -4.98. The Balaban J connectivity index is 1.46. The van der Waals surface area contributed by atoms with E-state index in [2.05, 4.69) is 5.10 Å². The van der Waals surface area contributed by atoms with Gasteiger partial charge in [0.1, 0.15) is 23.9 Å². The van der Waals surface area contributed by atoms with Crippen LogP contribution in [-0.4, -0.2) is 14.8 Å². The summed E-state index contributed by atoms with van der Waals surface area (Å²) in [6, 6.07) is 29.9. The summed E-state index contributed by atoms with van der Waals surface area (Å²) < 4.78 is 64.3. The van der Waals surface area contributed by atoms with Crippen molar-refractivity contribution in [3.8, 4) is 34.0 Å². The monoisotopic (exact) mass is 553 g/mol. The molecule has 6 aromatic rings. The number of ether oxygens (including phenoxy) is 1. The minimum Gasteiger partial charge on any atom is -0.489 e. The van der Waals surface area contributed by atoms with E-state index in [9.17, 15) is 17.6 Å². The lowest BCUT2D eigenvalue weighted by Gasteiger charge is -2.13. The summed E-state index contributed by atoms with van der Waals surface area (Å²) in [5.74, 6) is 0.187. The first-order valence-electron chi connectivity index (χ1n) is 12.9. The number of fused-ring (bicyclic) bond motifs is 1. The number of hydrogen-bond acceptors (Lipinski definition) is 3. The molecule has 0 fully saturated rings. The molecule has 0 aliphatic carbocycles. The van der Waals surface area contributed by atoms with Gasteiger partial charge in [-0.1, -0.05) is 60.2 Å². The summed E-state index contributed by atoms with van der Waals surface area (Å²) >= 11 is 0. The molecule has 0 unspecified atom stereocenters. The van der Waals surface area contributed by atoms with Crippen molar-refractivity contribution in [1.82, 2.24) is 14.8 Å². The van der Waals surface area contributed by atoms with Gasteiger partial charge in [-0.25, -0.2) is 14.1 Å². The minimum atomic E-state index is -4.65. The molecule has 204 valence electrons. The zero-order valence-electron chi connectivity index (χ0n) is 21.9. The normalized spacial score (nSPS) is 11.6. The Labute approximate surface area is 233 Å². The number of para-hydroxylation sites is 1. The quantitative estimate of drug-likeness (QED) is 0.194. The molecule has 0 amide bonds. The second kappa shape index (κ2) is 10.5. The van der Waals surface area contributed by atoms with Crippen LogP contribution in [0.5, 0.6) is 5.75 Å². The van der Waals surface area contributed by atoms with E-state index in [0.717, 1.165) is 17.2 Å². The van der Waals surface area contributed by atoms with Crippen LogP contribution in [0.15, 0.2) is 109 Å². The second-order valence-corrected chi connectivity index (χ2v) is 9.65. The fourth-order valence-corrected chi connectivity index (χ4v) is 4.62. The number of nitrogens with zero attached hydrogens (tertiary/aromatic N) is 3. The van der Waals surface area contributed by atoms with E-state index in [-0.39, 0.29) is 34.8 Å². The zero-order valence-corrected chi connectivity index (χ0v) is 21.9. The van der Waals surface area contributed by atoms with Gasteiger partial charge >= 0.3 is 6.18 Å². The summed E-state index contributed by atoms with van der Waals surface area (Å²) in [5.41, 5.74) is 3.08. The van der Waals surface area contributed by atoms with Crippen molar-refractivity contribution >= 4 is 11.0 Å². The molecule has 4 nitrogen and oxygen atoms in total. The van der Waals surface area contributed by atoms with E-state index < -0.39 is 11.7 Å². The highest BCUT2D eigenvalue weighted by Gasteiger charge is 2.36. The summed E-state index contributed by atoms with van der Waals surface area (Å²) in [6.07, 6.45) is -4.65. The summed E-state index contributed by atoms with van der Waals surface area (Å²) in [6.45, 7) is 2.14. The Bertz CT molecular complexity index is 1810. The lowest BCUT2D eigenvalue weighted by Crippen LogP contribution is -2.08. The smallest absolute Gasteiger partial charge is 0.417 e. The lowest BCUT2D eigenvalue weighted by molar-refractivity contribution is -0.136. The predicted molar refractivity (Wildman–Crippen MR) is 150 cm³/mol. The van der Waals surface area contributed by atoms with Crippen LogP contribution < -0.4 is 4.74 Å². The number of hydrogen-bond donors (Lipinski definition) is 0. The molecular weight excluding hydrogens is 530 g/mol. The average molecular weight is 554 g/mol. The molecule has 2 aromatic heterocycles. The number of aromatic nitrogens is 3. The van der Waals surface area contributed by atoms with E-state index in [4.69, 9.17) is 9.72 Å². The highest BCUT2D eigenvalue weighted by molar-refractivity contribution is 5.96. The summed E-state index contributed by atoms with van der Waals surface area (Å²) in [7, 11) is 0. The molecule has 0 saturated heterocycles. The average Bonchev–Trinajstić information content (AvgIpc) is 3.36. The number of rotatable bonds is 6. The van der Waals surface area contributed by atoms with Gasteiger partial charge in [0.25, 0.3) is 0 Å². The van der Waals surface area contributed by atoms with Gasteiger partial charge in [-0.2, -0.15) is 18.3 Å². The Kier molecular flexibility index (Phi) is 6.75. The number of pyridine rings is 1. The molecule has 0 aliphatic heterocycles. The fourth-order valence-electron chi connectivity index (χ4n) is 4.62. The standard InChI is InChI=1S/C33H23F4N3O/c1-21-7-11-24(12-8-21)31-30-28(33(35,36)37)19-29(38-32(30)40(39-31)26-5-3-2-4-6-26)23-13-17-27(18-14-23)41-20-22-9-15-25(34)16-10-22/h2-19H,20H2,1H3. The van der Waals surface area contributed by atoms with Gasteiger partial charge in [0.05, 0.1) is 22.3 Å². The molecule has 41 heavy (non-hydrogen) atoms. The van der Waals surface area contributed by atoms with Gasteiger partial charge in [-0.05, 0) is 67.1 Å². The SMILES string of the molecule is Cc1ccc(-c2nn(-c3ccccc3)c3nc(-c4ccc(OCc5ccc(F)cc5)cc4)cc(C(F)(F)F)c23)cc1. The van der Waals surface area contributed by atoms with Crippen molar-refractivity contribution in [1.29, 1.82) is 0 Å². The van der Waals surface area contributed by atoms with Crippen LogP contribution >= 0.6 is 0 Å². The zero-order chi connectivity index (χ0) is 28.6. The number of alkyl halides is 3. The lowest BCUT2D eigenvalue weighted by atomic mass is 10.0. The van der Waals surface area contributed by atoms with E-state index in [1.54, 1.807) is 72.8 Å². The molecule has 0 atom stereocenters. The Morgan fingerprint density at radius 1 is 0.780 bits per heavy atom.